The van der Waals surface area contributed by atoms with Crippen molar-refractivity contribution < 1.29 is 15.3 Å². The maximum absolute atomic E-state index is 12.3. The van der Waals surface area contributed by atoms with E-state index in [4.69, 9.17) is 0 Å². The molecule has 2 spiro atoms. The zero-order valence-electron chi connectivity index (χ0n) is 27.9. The van der Waals surface area contributed by atoms with Crippen LogP contribution < -0.4 is 0 Å². The van der Waals surface area contributed by atoms with Crippen molar-refractivity contribution in [3.63, 3.8) is 0 Å². The lowest BCUT2D eigenvalue weighted by Gasteiger charge is -2.63. The third-order valence-electron chi connectivity index (χ3n) is 16.5. The number of aryl methyl sites for hydroxylation is 1. The monoisotopic (exact) mass is 613 g/mol. The summed E-state index contributed by atoms with van der Waals surface area (Å²) in [6, 6.07) is 11.3. The smallest absolute Gasteiger partial charge is 0.0805 e. The summed E-state index contributed by atoms with van der Waals surface area (Å²) < 4.78 is 0. The molecule has 3 N–H and O–H groups in total. The van der Waals surface area contributed by atoms with Crippen molar-refractivity contribution in [3.05, 3.63) is 48.0 Å². The number of fused-ring (bicyclic) bond motifs is 6. The van der Waals surface area contributed by atoms with E-state index in [1.807, 2.05) is 0 Å². The van der Waals surface area contributed by atoms with Crippen LogP contribution in [0.15, 0.2) is 42.5 Å². The summed E-state index contributed by atoms with van der Waals surface area (Å²) in [5.41, 5.74) is 0.995. The SMILES string of the molecule is CC1CCC2N(C1)CC1C3C4C=CCC56CC7(CCC(CCc8ccccc8)C7)C(O)CC5C(O)CC(C3CCC1C2(C)O)C46. The van der Waals surface area contributed by atoms with E-state index in [9.17, 15) is 15.3 Å². The van der Waals surface area contributed by atoms with Gasteiger partial charge in [0.25, 0.3) is 0 Å². The molecule has 2 aliphatic heterocycles. The van der Waals surface area contributed by atoms with E-state index in [1.54, 1.807) is 0 Å². The van der Waals surface area contributed by atoms with E-state index < -0.39 is 5.60 Å². The summed E-state index contributed by atoms with van der Waals surface area (Å²) in [6.07, 6.45) is 19.4. The number of allylic oxidation sites excluding steroid dienone is 2. The molecule has 16 unspecified atom stereocenters. The van der Waals surface area contributed by atoms with Gasteiger partial charge in [0.1, 0.15) is 0 Å². The second-order valence-corrected chi connectivity index (χ2v) is 18.4. The molecular formula is C41H59NO3. The number of hydrogen-bond donors (Lipinski definition) is 3. The molecule has 246 valence electrons. The van der Waals surface area contributed by atoms with Crippen molar-refractivity contribution in [1.29, 1.82) is 0 Å². The van der Waals surface area contributed by atoms with Crippen LogP contribution in [0.25, 0.3) is 0 Å². The zero-order chi connectivity index (χ0) is 30.7. The van der Waals surface area contributed by atoms with Gasteiger partial charge in [-0.2, -0.15) is 0 Å². The van der Waals surface area contributed by atoms with Crippen molar-refractivity contribution in [2.75, 3.05) is 13.1 Å². The molecule has 2 saturated heterocycles. The summed E-state index contributed by atoms with van der Waals surface area (Å²) >= 11 is 0. The van der Waals surface area contributed by atoms with E-state index >= 15 is 0 Å². The van der Waals surface area contributed by atoms with Gasteiger partial charge in [0, 0.05) is 19.1 Å². The fourth-order valence-corrected chi connectivity index (χ4v) is 15.0. The topological polar surface area (TPSA) is 63.9 Å². The Hall–Kier alpha value is -1.20. The minimum absolute atomic E-state index is 0.0250. The molecule has 7 fully saturated rings. The molecular weight excluding hydrogens is 554 g/mol. The third-order valence-corrected chi connectivity index (χ3v) is 16.5. The van der Waals surface area contributed by atoms with Gasteiger partial charge in [-0.1, -0.05) is 49.4 Å². The molecule has 1 aromatic carbocycles. The number of rotatable bonds is 3. The minimum Gasteiger partial charge on any atom is -0.393 e. The molecule has 4 heteroatoms. The predicted molar refractivity (Wildman–Crippen MR) is 178 cm³/mol. The third kappa shape index (κ3) is 4.36. The highest BCUT2D eigenvalue weighted by molar-refractivity contribution is 5.25. The van der Waals surface area contributed by atoms with Crippen LogP contribution in [-0.2, 0) is 6.42 Å². The van der Waals surface area contributed by atoms with Crippen LogP contribution in [0.5, 0.6) is 0 Å². The second-order valence-electron chi connectivity index (χ2n) is 18.4. The van der Waals surface area contributed by atoms with E-state index in [0.717, 1.165) is 57.4 Å². The average molecular weight is 614 g/mol. The van der Waals surface area contributed by atoms with E-state index in [0.29, 0.717) is 53.4 Å². The highest BCUT2D eigenvalue weighted by Crippen LogP contribution is 2.74. The summed E-state index contributed by atoms with van der Waals surface area (Å²) in [5.74, 6) is 5.74. The van der Waals surface area contributed by atoms with Crippen molar-refractivity contribution in [1.82, 2.24) is 4.90 Å². The van der Waals surface area contributed by atoms with Gasteiger partial charge in [-0.05, 0) is 166 Å². The van der Waals surface area contributed by atoms with Crippen molar-refractivity contribution in [2.45, 2.75) is 121 Å². The Balaban J connectivity index is 1.02. The molecule has 4 nitrogen and oxygen atoms in total. The summed E-state index contributed by atoms with van der Waals surface area (Å²) in [6.45, 7) is 6.93. The first-order valence-electron chi connectivity index (χ1n) is 19.2. The molecule has 0 aromatic heterocycles. The zero-order valence-corrected chi connectivity index (χ0v) is 27.9. The maximum Gasteiger partial charge on any atom is 0.0805 e. The van der Waals surface area contributed by atoms with Crippen LogP contribution in [0, 0.1) is 70.0 Å². The fourth-order valence-electron chi connectivity index (χ4n) is 15.0. The quantitative estimate of drug-likeness (QED) is 0.326. The van der Waals surface area contributed by atoms with Crippen LogP contribution in [-0.4, -0.2) is 57.2 Å². The van der Waals surface area contributed by atoms with Gasteiger partial charge >= 0.3 is 0 Å². The number of nitrogens with zero attached hydrogens (tertiary/aromatic N) is 1. The predicted octanol–water partition coefficient (Wildman–Crippen LogP) is 6.87. The van der Waals surface area contributed by atoms with Crippen LogP contribution in [0.1, 0.15) is 96.5 Å². The Morgan fingerprint density at radius 2 is 1.76 bits per heavy atom. The summed E-state index contributed by atoms with van der Waals surface area (Å²) in [4.78, 5) is 2.72. The molecule has 6 aliphatic carbocycles. The van der Waals surface area contributed by atoms with Crippen LogP contribution in [0.4, 0.5) is 0 Å². The Morgan fingerprint density at radius 3 is 2.60 bits per heavy atom. The lowest BCUT2D eigenvalue weighted by Crippen LogP contribution is -2.67. The Morgan fingerprint density at radius 1 is 0.911 bits per heavy atom. The van der Waals surface area contributed by atoms with E-state index in [1.165, 1.54) is 50.6 Å². The van der Waals surface area contributed by atoms with E-state index in [-0.39, 0.29) is 29.0 Å². The van der Waals surface area contributed by atoms with Crippen molar-refractivity contribution >= 4 is 0 Å². The molecule has 9 rings (SSSR count). The highest BCUT2D eigenvalue weighted by atomic mass is 16.3. The van der Waals surface area contributed by atoms with Gasteiger partial charge in [-0.15, -0.1) is 0 Å². The van der Waals surface area contributed by atoms with Crippen molar-refractivity contribution in [2.24, 2.45) is 70.0 Å². The number of piperidine rings is 2. The molecule has 0 bridgehead atoms. The maximum atomic E-state index is 12.3. The van der Waals surface area contributed by atoms with Gasteiger partial charge in [0.05, 0.1) is 17.8 Å². The molecule has 45 heavy (non-hydrogen) atoms. The number of aliphatic hydroxyl groups excluding tert-OH is 2. The standard InChI is InChI=1S/C41H59NO3/c1-25-10-15-35-39(2,45)32-14-13-28-30-19-34(43)33-20-36(44)40(18-16-27(21-40)12-11-26-7-4-3-5-8-26)24-41(33)17-6-9-29(38(30)41)37(28)31(32)23-42(35)22-25/h3-9,25,27-38,43-45H,10-24H2,1-2H3. The highest BCUT2D eigenvalue weighted by Gasteiger charge is 2.71. The minimum atomic E-state index is -0.600. The Bertz CT molecular complexity index is 1290. The van der Waals surface area contributed by atoms with Gasteiger partial charge in [0.2, 0.25) is 0 Å². The average Bonchev–Trinajstić information content (AvgIpc) is 3.58. The molecule has 0 amide bonds. The lowest BCUT2D eigenvalue weighted by atomic mass is 9.42. The van der Waals surface area contributed by atoms with Crippen molar-refractivity contribution in [3.8, 4) is 0 Å². The number of hydrogen-bond acceptors (Lipinski definition) is 4. The van der Waals surface area contributed by atoms with E-state index in [2.05, 4.69) is 61.2 Å². The molecule has 1 aromatic rings. The first-order chi connectivity index (χ1) is 21.7. The molecule has 8 aliphatic rings. The second kappa shape index (κ2) is 10.6. The number of benzene rings is 1. The number of aliphatic hydroxyl groups is 3. The normalized spacial score (nSPS) is 55.0. The van der Waals surface area contributed by atoms with Gasteiger partial charge < -0.3 is 15.3 Å². The van der Waals surface area contributed by atoms with Crippen LogP contribution >= 0.6 is 0 Å². The Labute approximate surface area is 272 Å². The first kappa shape index (κ1) is 29.9. The molecule has 2 heterocycles. The molecule has 16 atom stereocenters. The lowest BCUT2D eigenvalue weighted by molar-refractivity contribution is -0.189. The Kier molecular flexibility index (Phi) is 7.08. The summed E-state index contributed by atoms with van der Waals surface area (Å²) in [5, 5.41) is 36.2. The first-order valence-corrected chi connectivity index (χ1v) is 19.2. The van der Waals surface area contributed by atoms with Gasteiger partial charge in [0.15, 0.2) is 0 Å². The molecule has 5 saturated carbocycles. The van der Waals surface area contributed by atoms with Crippen LogP contribution in [0.2, 0.25) is 0 Å². The van der Waals surface area contributed by atoms with Crippen LogP contribution in [0.3, 0.4) is 0 Å². The van der Waals surface area contributed by atoms with Gasteiger partial charge in [-0.3, -0.25) is 4.90 Å². The van der Waals surface area contributed by atoms with Gasteiger partial charge in [-0.25, -0.2) is 0 Å². The largest absolute Gasteiger partial charge is 0.393 e. The summed E-state index contributed by atoms with van der Waals surface area (Å²) in [7, 11) is 0. The fraction of sp³-hybridized carbons (Fsp3) is 0.805. The molecule has 0 radical (unpaired) electrons.